The van der Waals surface area contributed by atoms with Crippen LogP contribution in [0.2, 0.25) is 0 Å². The molecular weight excluding hydrogens is 254 g/mol. The maximum absolute atomic E-state index is 13.1. The Morgan fingerprint density at radius 2 is 2.05 bits per heavy atom. The van der Waals surface area contributed by atoms with E-state index in [4.69, 9.17) is 0 Å². The van der Waals surface area contributed by atoms with E-state index in [2.05, 4.69) is 12.2 Å². The molecule has 2 aliphatic heterocycles. The van der Waals surface area contributed by atoms with E-state index in [0.717, 1.165) is 32.4 Å². The fourth-order valence-electron chi connectivity index (χ4n) is 3.46. The van der Waals surface area contributed by atoms with Crippen molar-refractivity contribution in [1.82, 2.24) is 15.1 Å². The smallest absolute Gasteiger partial charge is 0.247 e. The van der Waals surface area contributed by atoms with Crippen LogP contribution in [-0.2, 0) is 9.59 Å². The zero-order valence-electron chi connectivity index (χ0n) is 13.2. The molecule has 0 saturated carbocycles. The maximum Gasteiger partial charge on any atom is 0.247 e. The second-order valence-corrected chi connectivity index (χ2v) is 6.66. The molecule has 0 spiro atoms. The van der Waals surface area contributed by atoms with Crippen molar-refractivity contribution < 1.29 is 9.59 Å². The zero-order chi connectivity index (χ0) is 15.0. The first-order valence-corrected chi connectivity index (χ1v) is 7.63. The second kappa shape index (κ2) is 5.35. The van der Waals surface area contributed by atoms with Crippen LogP contribution in [0.4, 0.5) is 0 Å². The average Bonchev–Trinajstić information content (AvgIpc) is 2.45. The highest BCUT2D eigenvalue weighted by molar-refractivity contribution is 5.93. The van der Waals surface area contributed by atoms with Crippen molar-refractivity contribution in [3.63, 3.8) is 0 Å². The third-order valence-electron chi connectivity index (χ3n) is 5.05. The van der Waals surface area contributed by atoms with E-state index >= 15 is 0 Å². The number of carbonyl (C=O) groups is 2. The van der Waals surface area contributed by atoms with E-state index < -0.39 is 5.54 Å². The van der Waals surface area contributed by atoms with Crippen molar-refractivity contribution in [1.29, 1.82) is 0 Å². The Bertz CT molecular complexity index is 400. The quantitative estimate of drug-likeness (QED) is 0.816. The summed E-state index contributed by atoms with van der Waals surface area (Å²) < 4.78 is 0. The summed E-state index contributed by atoms with van der Waals surface area (Å²) in [6.45, 7) is 8.79. The molecule has 5 heteroatoms. The Hall–Kier alpha value is -1.10. The van der Waals surface area contributed by atoms with Gasteiger partial charge in [-0.3, -0.25) is 9.59 Å². The first-order valence-electron chi connectivity index (χ1n) is 7.63. The summed E-state index contributed by atoms with van der Waals surface area (Å²) in [5.74, 6) is 0.186. The molecule has 0 bridgehead atoms. The van der Waals surface area contributed by atoms with E-state index in [9.17, 15) is 9.59 Å². The molecule has 0 aromatic rings. The van der Waals surface area contributed by atoms with Gasteiger partial charge in [0, 0.05) is 26.7 Å². The van der Waals surface area contributed by atoms with Crippen LogP contribution >= 0.6 is 0 Å². The van der Waals surface area contributed by atoms with Gasteiger partial charge in [-0.05, 0) is 39.7 Å². The molecule has 2 fully saturated rings. The van der Waals surface area contributed by atoms with Crippen molar-refractivity contribution >= 4 is 11.8 Å². The molecule has 5 nitrogen and oxygen atoms in total. The van der Waals surface area contributed by atoms with Crippen LogP contribution in [0.25, 0.3) is 0 Å². The molecule has 2 saturated heterocycles. The molecule has 1 unspecified atom stereocenters. The van der Waals surface area contributed by atoms with Gasteiger partial charge in [-0.15, -0.1) is 0 Å². The normalized spacial score (nSPS) is 30.5. The number of hydrogen-bond donors (Lipinski definition) is 1. The van der Waals surface area contributed by atoms with Crippen LogP contribution in [0.15, 0.2) is 0 Å². The number of piperidine rings is 1. The van der Waals surface area contributed by atoms with Gasteiger partial charge in [0.1, 0.15) is 5.54 Å². The minimum atomic E-state index is -0.732. The number of nitrogens with zero attached hydrogens (tertiary/aromatic N) is 2. The molecule has 2 aliphatic rings. The number of hydrogen-bond acceptors (Lipinski definition) is 3. The number of piperazine rings is 1. The number of carbonyl (C=O) groups excluding carboxylic acids is 2. The molecule has 1 atom stereocenters. The molecule has 2 heterocycles. The van der Waals surface area contributed by atoms with E-state index in [1.807, 2.05) is 25.8 Å². The minimum Gasteiger partial charge on any atom is -0.342 e. The molecule has 2 rings (SSSR count). The van der Waals surface area contributed by atoms with Crippen molar-refractivity contribution in [3.8, 4) is 0 Å². The predicted octanol–water partition coefficient (Wildman–Crippen LogP) is 0.845. The highest BCUT2D eigenvalue weighted by atomic mass is 16.2. The fourth-order valence-corrected chi connectivity index (χ4v) is 3.46. The molecule has 1 N–H and O–H groups in total. The van der Waals surface area contributed by atoms with Crippen LogP contribution in [0.1, 0.15) is 40.0 Å². The van der Waals surface area contributed by atoms with Gasteiger partial charge < -0.3 is 15.1 Å². The van der Waals surface area contributed by atoms with Crippen molar-refractivity contribution in [3.05, 3.63) is 0 Å². The lowest BCUT2D eigenvalue weighted by atomic mass is 9.76. The molecule has 0 aromatic carbocycles. The van der Waals surface area contributed by atoms with Gasteiger partial charge in [0.2, 0.25) is 11.8 Å². The summed E-state index contributed by atoms with van der Waals surface area (Å²) in [6.07, 6.45) is 2.78. The van der Waals surface area contributed by atoms with E-state index in [1.165, 1.54) is 0 Å². The van der Waals surface area contributed by atoms with Crippen molar-refractivity contribution in [2.45, 2.75) is 45.6 Å². The topological polar surface area (TPSA) is 52.7 Å². The molecule has 0 aromatic heterocycles. The van der Waals surface area contributed by atoms with Gasteiger partial charge in [0.05, 0.1) is 5.41 Å². The minimum absolute atomic E-state index is 0.0344. The van der Waals surface area contributed by atoms with Crippen LogP contribution in [0.5, 0.6) is 0 Å². The number of rotatable bonds is 2. The summed E-state index contributed by atoms with van der Waals surface area (Å²) in [4.78, 5) is 29.0. The Labute approximate surface area is 121 Å². The summed E-state index contributed by atoms with van der Waals surface area (Å²) in [6, 6.07) is 0. The third-order valence-corrected chi connectivity index (χ3v) is 5.05. The molecular formula is C15H27N3O2. The molecule has 20 heavy (non-hydrogen) atoms. The molecule has 114 valence electrons. The summed E-state index contributed by atoms with van der Waals surface area (Å²) in [5, 5.41) is 3.35. The Morgan fingerprint density at radius 1 is 1.35 bits per heavy atom. The lowest BCUT2D eigenvalue weighted by molar-refractivity contribution is -0.164. The SMILES string of the molecule is CCC1(C(=O)N2CCN(C)C(=O)C2(C)C)CCCNC1. The van der Waals surface area contributed by atoms with Crippen LogP contribution < -0.4 is 5.32 Å². The zero-order valence-corrected chi connectivity index (χ0v) is 13.2. The Balaban J connectivity index is 2.25. The number of nitrogens with one attached hydrogen (secondary N) is 1. The summed E-state index contributed by atoms with van der Waals surface area (Å²) in [7, 11) is 1.81. The van der Waals surface area contributed by atoms with Gasteiger partial charge in [-0.25, -0.2) is 0 Å². The second-order valence-electron chi connectivity index (χ2n) is 6.66. The third kappa shape index (κ3) is 2.32. The van der Waals surface area contributed by atoms with Crippen molar-refractivity contribution in [2.24, 2.45) is 5.41 Å². The van der Waals surface area contributed by atoms with E-state index in [-0.39, 0.29) is 17.2 Å². The maximum atomic E-state index is 13.1. The van der Waals surface area contributed by atoms with E-state index in [0.29, 0.717) is 13.1 Å². The molecule has 0 radical (unpaired) electrons. The standard InChI is InChI=1S/C15H27N3O2/c1-5-15(7-6-8-16-11-15)13(20)18-10-9-17(4)12(19)14(18,2)3/h16H,5-11H2,1-4H3. The molecule has 0 aliphatic carbocycles. The highest BCUT2D eigenvalue weighted by Gasteiger charge is 2.49. The Morgan fingerprint density at radius 3 is 2.60 bits per heavy atom. The van der Waals surface area contributed by atoms with Crippen LogP contribution in [0, 0.1) is 5.41 Å². The fraction of sp³-hybridized carbons (Fsp3) is 0.867. The predicted molar refractivity (Wildman–Crippen MR) is 78.3 cm³/mol. The lowest BCUT2D eigenvalue weighted by Crippen LogP contribution is -2.67. The molecule has 2 amide bonds. The summed E-state index contributed by atoms with van der Waals surface area (Å²) in [5.41, 5.74) is -1.06. The highest BCUT2D eigenvalue weighted by Crippen LogP contribution is 2.35. The largest absolute Gasteiger partial charge is 0.342 e. The van der Waals surface area contributed by atoms with Crippen LogP contribution in [0.3, 0.4) is 0 Å². The van der Waals surface area contributed by atoms with Crippen LogP contribution in [-0.4, -0.2) is 60.4 Å². The average molecular weight is 281 g/mol. The lowest BCUT2D eigenvalue weighted by Gasteiger charge is -2.49. The first kappa shape index (κ1) is 15.3. The van der Waals surface area contributed by atoms with Crippen molar-refractivity contribution in [2.75, 3.05) is 33.2 Å². The monoisotopic (exact) mass is 281 g/mol. The number of likely N-dealkylation sites (N-methyl/N-ethyl adjacent to an activating group) is 1. The summed E-state index contributed by atoms with van der Waals surface area (Å²) >= 11 is 0. The van der Waals surface area contributed by atoms with Gasteiger partial charge in [-0.2, -0.15) is 0 Å². The van der Waals surface area contributed by atoms with Gasteiger partial charge >= 0.3 is 0 Å². The van der Waals surface area contributed by atoms with Gasteiger partial charge in [0.25, 0.3) is 0 Å². The van der Waals surface area contributed by atoms with Gasteiger partial charge in [-0.1, -0.05) is 6.92 Å². The van der Waals surface area contributed by atoms with Gasteiger partial charge in [0.15, 0.2) is 0 Å². The first-order chi connectivity index (χ1) is 9.35. The Kier molecular flexibility index (Phi) is 4.09. The van der Waals surface area contributed by atoms with E-state index in [1.54, 1.807) is 4.90 Å². The number of amides is 2.